The van der Waals surface area contributed by atoms with E-state index in [9.17, 15) is 4.79 Å². The van der Waals surface area contributed by atoms with Crippen LogP contribution >= 0.6 is 23.2 Å². The summed E-state index contributed by atoms with van der Waals surface area (Å²) in [7, 11) is 0. The Hall–Kier alpha value is -2.44. The summed E-state index contributed by atoms with van der Waals surface area (Å²) in [6.07, 6.45) is 0. The summed E-state index contributed by atoms with van der Waals surface area (Å²) in [4.78, 5) is 12.5. The van der Waals surface area contributed by atoms with Gasteiger partial charge in [-0.1, -0.05) is 59.6 Å². The zero-order chi connectivity index (χ0) is 17.2. The third kappa shape index (κ3) is 3.11. The van der Waals surface area contributed by atoms with Crippen LogP contribution in [0.1, 0.15) is 11.4 Å². The molecule has 6 nitrogen and oxygen atoms in total. The van der Waals surface area contributed by atoms with Crippen LogP contribution in [0.2, 0.25) is 0 Å². The van der Waals surface area contributed by atoms with Crippen LogP contribution < -0.4 is 5.32 Å². The van der Waals surface area contributed by atoms with Crippen molar-refractivity contribution in [3.63, 3.8) is 0 Å². The third-order valence-corrected chi connectivity index (χ3v) is 4.09. The van der Waals surface area contributed by atoms with Crippen LogP contribution in [0.15, 0.2) is 54.6 Å². The molecular weight excluding hydrogens is 349 g/mol. The first-order valence-corrected chi connectivity index (χ1v) is 7.85. The number of aryl methyl sites for hydroxylation is 1. The molecule has 0 bridgehead atoms. The van der Waals surface area contributed by atoms with Gasteiger partial charge in [0.15, 0.2) is 0 Å². The van der Waals surface area contributed by atoms with Crippen LogP contribution in [0, 0.1) is 6.92 Å². The molecule has 0 saturated carbocycles. The number of benzene rings is 2. The standard InChI is InChI=1S/C16H13Cl2N5O/c1-11-7-5-6-10-13(11)23-14(20-21-22-23)16(17,18)15(24)19-12-8-3-2-4-9-12/h2-10H,1H3,(H,19,24). The Morgan fingerprint density at radius 1 is 1.08 bits per heavy atom. The first-order chi connectivity index (χ1) is 11.5. The van der Waals surface area contributed by atoms with E-state index >= 15 is 0 Å². The van der Waals surface area contributed by atoms with Gasteiger partial charge in [0.2, 0.25) is 5.82 Å². The van der Waals surface area contributed by atoms with Crippen LogP contribution in [0.25, 0.3) is 5.69 Å². The average molecular weight is 362 g/mol. The normalized spacial score (nSPS) is 11.3. The number of amides is 1. The molecule has 0 radical (unpaired) electrons. The number of hydrogen-bond acceptors (Lipinski definition) is 4. The molecule has 0 aliphatic carbocycles. The van der Waals surface area contributed by atoms with Crippen LogP contribution in [-0.4, -0.2) is 26.1 Å². The number of halogens is 2. The molecule has 1 amide bonds. The smallest absolute Gasteiger partial charge is 0.268 e. The molecule has 0 spiro atoms. The highest BCUT2D eigenvalue weighted by atomic mass is 35.5. The van der Waals surface area contributed by atoms with Crippen molar-refractivity contribution in [3.8, 4) is 5.69 Å². The van der Waals surface area contributed by atoms with Crippen molar-refractivity contribution in [2.24, 2.45) is 0 Å². The van der Waals surface area contributed by atoms with E-state index in [-0.39, 0.29) is 5.82 Å². The Morgan fingerprint density at radius 2 is 1.75 bits per heavy atom. The van der Waals surface area contributed by atoms with Crippen molar-refractivity contribution in [3.05, 3.63) is 66.0 Å². The van der Waals surface area contributed by atoms with Crippen molar-refractivity contribution in [1.29, 1.82) is 0 Å². The lowest BCUT2D eigenvalue weighted by atomic mass is 10.2. The fraction of sp³-hybridized carbons (Fsp3) is 0.125. The van der Waals surface area contributed by atoms with Gasteiger partial charge in [-0.05, 0) is 41.1 Å². The van der Waals surface area contributed by atoms with E-state index < -0.39 is 10.2 Å². The Bertz CT molecular complexity index is 864. The second kappa shape index (κ2) is 6.59. The number of hydrogen-bond donors (Lipinski definition) is 1. The lowest BCUT2D eigenvalue weighted by molar-refractivity contribution is -0.117. The molecule has 0 unspecified atom stereocenters. The van der Waals surface area contributed by atoms with E-state index in [1.165, 1.54) is 4.68 Å². The van der Waals surface area contributed by atoms with Gasteiger partial charge >= 0.3 is 0 Å². The minimum absolute atomic E-state index is 0.0218. The van der Waals surface area contributed by atoms with E-state index in [1.54, 1.807) is 24.3 Å². The third-order valence-electron chi connectivity index (χ3n) is 3.41. The number of nitrogens with zero attached hydrogens (tertiary/aromatic N) is 4. The fourth-order valence-electron chi connectivity index (χ4n) is 2.18. The monoisotopic (exact) mass is 361 g/mol. The Kier molecular flexibility index (Phi) is 4.51. The SMILES string of the molecule is Cc1ccccc1-n1nnnc1C(Cl)(Cl)C(=O)Nc1ccccc1. The van der Waals surface area contributed by atoms with Crippen LogP contribution in [0.4, 0.5) is 5.69 Å². The van der Waals surface area contributed by atoms with Gasteiger partial charge in [-0.15, -0.1) is 5.10 Å². The molecule has 24 heavy (non-hydrogen) atoms. The molecule has 1 heterocycles. The first-order valence-electron chi connectivity index (χ1n) is 7.09. The highest BCUT2D eigenvalue weighted by Gasteiger charge is 2.42. The minimum Gasteiger partial charge on any atom is -0.323 e. The lowest BCUT2D eigenvalue weighted by Crippen LogP contribution is -2.33. The number of para-hydroxylation sites is 2. The first kappa shape index (κ1) is 16.4. The highest BCUT2D eigenvalue weighted by molar-refractivity contribution is 6.58. The molecule has 122 valence electrons. The molecule has 0 aliphatic rings. The van der Waals surface area contributed by atoms with Crippen LogP contribution in [0.3, 0.4) is 0 Å². The van der Waals surface area contributed by atoms with E-state index in [4.69, 9.17) is 23.2 Å². The Morgan fingerprint density at radius 3 is 2.46 bits per heavy atom. The minimum atomic E-state index is -1.96. The summed E-state index contributed by atoms with van der Waals surface area (Å²) in [5.41, 5.74) is 2.18. The van der Waals surface area contributed by atoms with Gasteiger partial charge < -0.3 is 5.32 Å². The topological polar surface area (TPSA) is 72.7 Å². The van der Waals surface area contributed by atoms with E-state index in [2.05, 4.69) is 20.8 Å². The zero-order valence-electron chi connectivity index (χ0n) is 12.6. The van der Waals surface area contributed by atoms with Gasteiger partial charge in [-0.25, -0.2) is 0 Å². The molecule has 0 fully saturated rings. The zero-order valence-corrected chi connectivity index (χ0v) is 14.2. The maximum Gasteiger partial charge on any atom is 0.268 e. The van der Waals surface area contributed by atoms with E-state index in [0.29, 0.717) is 11.4 Å². The molecule has 1 N–H and O–H groups in total. The Labute approximate surface area is 148 Å². The second-order valence-electron chi connectivity index (χ2n) is 5.10. The number of anilines is 1. The molecule has 0 aliphatic heterocycles. The predicted molar refractivity (Wildman–Crippen MR) is 92.3 cm³/mol. The van der Waals surface area contributed by atoms with Gasteiger partial charge in [0.25, 0.3) is 10.2 Å². The molecule has 0 atom stereocenters. The van der Waals surface area contributed by atoms with Crippen molar-refractivity contribution in [1.82, 2.24) is 20.2 Å². The van der Waals surface area contributed by atoms with Crippen LogP contribution in [-0.2, 0) is 9.13 Å². The molecule has 8 heteroatoms. The maximum absolute atomic E-state index is 12.5. The number of rotatable bonds is 4. The fourth-order valence-corrected chi connectivity index (χ4v) is 2.51. The van der Waals surface area contributed by atoms with Gasteiger partial charge in [0.05, 0.1) is 5.69 Å². The molecule has 3 rings (SSSR count). The van der Waals surface area contributed by atoms with Gasteiger partial charge in [-0.3, -0.25) is 4.79 Å². The number of tetrazole rings is 1. The molecule has 3 aromatic rings. The summed E-state index contributed by atoms with van der Waals surface area (Å²) >= 11 is 12.6. The molecule has 1 aromatic heterocycles. The summed E-state index contributed by atoms with van der Waals surface area (Å²) in [5.74, 6) is -0.616. The van der Waals surface area contributed by atoms with E-state index in [0.717, 1.165) is 5.56 Å². The summed E-state index contributed by atoms with van der Waals surface area (Å²) in [6, 6.07) is 16.3. The number of carbonyl (C=O) groups excluding carboxylic acids is 1. The molecule has 0 saturated heterocycles. The van der Waals surface area contributed by atoms with Crippen molar-refractivity contribution < 1.29 is 4.79 Å². The quantitative estimate of drug-likeness (QED) is 0.724. The number of aromatic nitrogens is 4. The van der Waals surface area contributed by atoms with Gasteiger partial charge in [0, 0.05) is 5.69 Å². The van der Waals surface area contributed by atoms with Crippen molar-refractivity contribution in [2.45, 2.75) is 11.3 Å². The summed E-state index contributed by atoms with van der Waals surface area (Å²) in [5, 5.41) is 14.0. The van der Waals surface area contributed by atoms with E-state index in [1.807, 2.05) is 37.3 Å². The predicted octanol–water partition coefficient (Wildman–Crippen LogP) is 3.24. The lowest BCUT2D eigenvalue weighted by Gasteiger charge is -2.18. The summed E-state index contributed by atoms with van der Waals surface area (Å²) in [6.45, 7) is 1.90. The number of carbonyl (C=O) groups is 1. The Balaban J connectivity index is 1.95. The summed E-state index contributed by atoms with van der Waals surface area (Å²) < 4.78 is -0.596. The molecule has 2 aromatic carbocycles. The largest absolute Gasteiger partial charge is 0.323 e. The number of alkyl halides is 2. The number of nitrogens with one attached hydrogen (secondary N) is 1. The highest BCUT2D eigenvalue weighted by Crippen LogP contribution is 2.34. The average Bonchev–Trinajstić information content (AvgIpc) is 3.06. The van der Waals surface area contributed by atoms with Crippen LogP contribution in [0.5, 0.6) is 0 Å². The van der Waals surface area contributed by atoms with Crippen molar-refractivity contribution >= 4 is 34.8 Å². The maximum atomic E-state index is 12.5. The van der Waals surface area contributed by atoms with Crippen molar-refractivity contribution in [2.75, 3.05) is 5.32 Å². The second-order valence-corrected chi connectivity index (χ2v) is 6.42. The van der Waals surface area contributed by atoms with Gasteiger partial charge in [-0.2, -0.15) is 4.68 Å². The molecular formula is C16H13Cl2N5O. The van der Waals surface area contributed by atoms with Gasteiger partial charge in [0.1, 0.15) is 0 Å².